The van der Waals surface area contributed by atoms with E-state index in [1.807, 2.05) is 0 Å². The van der Waals surface area contributed by atoms with Crippen LogP contribution in [0.3, 0.4) is 0 Å². The molecular weight excluding hydrogens is 209 g/mol. The Bertz CT molecular complexity index is 427. The number of hydrazone groups is 1. The first-order chi connectivity index (χ1) is 7.69. The van der Waals surface area contributed by atoms with Crippen LogP contribution < -0.4 is 5.73 Å². The zero-order chi connectivity index (χ0) is 11.5. The highest BCUT2D eigenvalue weighted by Crippen LogP contribution is 2.13. The van der Waals surface area contributed by atoms with Gasteiger partial charge in [0.1, 0.15) is 5.82 Å². The number of halogens is 1. The van der Waals surface area contributed by atoms with Crippen LogP contribution in [-0.2, 0) is 11.3 Å². The van der Waals surface area contributed by atoms with Gasteiger partial charge in [0.15, 0.2) is 0 Å². The van der Waals surface area contributed by atoms with Crippen molar-refractivity contribution >= 4 is 11.6 Å². The lowest BCUT2D eigenvalue weighted by Gasteiger charge is -2.11. The summed E-state index contributed by atoms with van der Waals surface area (Å²) in [4.78, 5) is 11.5. The molecule has 1 aliphatic heterocycles. The molecule has 1 aromatic rings. The van der Waals surface area contributed by atoms with Crippen LogP contribution in [-0.4, -0.2) is 23.2 Å². The van der Waals surface area contributed by atoms with Crippen molar-refractivity contribution in [2.45, 2.75) is 13.0 Å². The Morgan fingerprint density at radius 3 is 2.62 bits per heavy atom. The van der Waals surface area contributed by atoms with Crippen molar-refractivity contribution in [2.24, 2.45) is 10.8 Å². The topological polar surface area (TPSA) is 58.7 Å². The molecule has 1 aromatic carbocycles. The molecule has 1 heterocycles. The number of amides is 1. The van der Waals surface area contributed by atoms with E-state index in [1.54, 1.807) is 12.1 Å². The smallest absolute Gasteiger partial charge is 0.248 e. The first-order valence-corrected chi connectivity index (χ1v) is 5.00. The van der Waals surface area contributed by atoms with E-state index in [0.29, 0.717) is 18.8 Å². The summed E-state index contributed by atoms with van der Waals surface area (Å²) < 4.78 is 12.7. The molecule has 0 unspecified atom stereocenters. The SMILES string of the molecule is NCC1=NN(Cc2ccc(F)cc2)C(=O)C1. The highest BCUT2D eigenvalue weighted by Gasteiger charge is 2.22. The molecule has 1 aliphatic rings. The molecule has 4 nitrogen and oxygen atoms in total. The second-order valence-corrected chi connectivity index (χ2v) is 3.62. The van der Waals surface area contributed by atoms with E-state index in [2.05, 4.69) is 5.10 Å². The Balaban J connectivity index is 2.07. The largest absolute Gasteiger partial charge is 0.325 e. The number of hydrogen-bond donors (Lipinski definition) is 1. The molecule has 0 aliphatic carbocycles. The lowest BCUT2D eigenvalue weighted by Crippen LogP contribution is -2.20. The van der Waals surface area contributed by atoms with Gasteiger partial charge in [-0.05, 0) is 17.7 Å². The van der Waals surface area contributed by atoms with E-state index in [4.69, 9.17) is 5.73 Å². The minimum absolute atomic E-state index is 0.0650. The number of benzene rings is 1. The molecule has 0 atom stereocenters. The van der Waals surface area contributed by atoms with E-state index >= 15 is 0 Å². The monoisotopic (exact) mass is 221 g/mol. The number of nitrogens with two attached hydrogens (primary N) is 1. The van der Waals surface area contributed by atoms with Crippen molar-refractivity contribution in [1.29, 1.82) is 0 Å². The summed E-state index contributed by atoms with van der Waals surface area (Å²) in [6.45, 7) is 0.661. The van der Waals surface area contributed by atoms with Gasteiger partial charge in [0.05, 0.1) is 18.7 Å². The van der Waals surface area contributed by atoms with Crippen LogP contribution in [0.25, 0.3) is 0 Å². The fraction of sp³-hybridized carbons (Fsp3) is 0.273. The molecule has 0 aromatic heterocycles. The van der Waals surface area contributed by atoms with E-state index in [1.165, 1.54) is 17.1 Å². The van der Waals surface area contributed by atoms with Crippen molar-refractivity contribution in [3.8, 4) is 0 Å². The summed E-state index contributed by atoms with van der Waals surface area (Å²) in [6.07, 6.45) is 0.289. The molecule has 5 heteroatoms. The molecule has 0 radical (unpaired) electrons. The Labute approximate surface area is 92.5 Å². The molecule has 84 valence electrons. The molecule has 2 rings (SSSR count). The van der Waals surface area contributed by atoms with E-state index in [9.17, 15) is 9.18 Å². The third-order valence-electron chi connectivity index (χ3n) is 2.39. The maximum atomic E-state index is 12.7. The van der Waals surface area contributed by atoms with Gasteiger partial charge < -0.3 is 5.73 Å². The van der Waals surface area contributed by atoms with Gasteiger partial charge in [-0.25, -0.2) is 9.40 Å². The van der Waals surface area contributed by atoms with Crippen molar-refractivity contribution < 1.29 is 9.18 Å². The average molecular weight is 221 g/mol. The Hall–Kier alpha value is -1.75. The number of carbonyl (C=O) groups excluding carboxylic acids is 1. The zero-order valence-electron chi connectivity index (χ0n) is 8.69. The van der Waals surface area contributed by atoms with Gasteiger partial charge >= 0.3 is 0 Å². The minimum Gasteiger partial charge on any atom is -0.325 e. The lowest BCUT2D eigenvalue weighted by atomic mass is 10.2. The Morgan fingerprint density at radius 2 is 2.06 bits per heavy atom. The van der Waals surface area contributed by atoms with Gasteiger partial charge in [-0.3, -0.25) is 4.79 Å². The van der Waals surface area contributed by atoms with Crippen molar-refractivity contribution in [3.05, 3.63) is 35.6 Å². The van der Waals surface area contributed by atoms with Crippen LogP contribution >= 0.6 is 0 Å². The summed E-state index contributed by atoms with van der Waals surface area (Å²) in [5.41, 5.74) is 6.94. The average Bonchev–Trinajstić information content (AvgIpc) is 2.63. The minimum atomic E-state index is -0.289. The predicted octanol–water partition coefficient (Wildman–Crippen LogP) is 0.873. The highest BCUT2D eigenvalue weighted by molar-refractivity contribution is 6.05. The summed E-state index contributed by atoms with van der Waals surface area (Å²) in [6, 6.07) is 6.00. The van der Waals surface area contributed by atoms with Crippen LogP contribution in [0.15, 0.2) is 29.4 Å². The van der Waals surface area contributed by atoms with Crippen LogP contribution in [0.1, 0.15) is 12.0 Å². The molecule has 0 saturated heterocycles. The van der Waals surface area contributed by atoms with E-state index < -0.39 is 0 Å². The molecule has 2 N–H and O–H groups in total. The summed E-state index contributed by atoms with van der Waals surface area (Å²) in [5, 5.41) is 5.46. The van der Waals surface area contributed by atoms with Crippen LogP contribution in [0, 0.1) is 5.82 Å². The summed E-state index contributed by atoms with van der Waals surface area (Å²) in [7, 11) is 0. The molecular formula is C11H12FN3O. The highest BCUT2D eigenvalue weighted by atomic mass is 19.1. The van der Waals surface area contributed by atoms with Gasteiger partial charge in [-0.15, -0.1) is 0 Å². The van der Waals surface area contributed by atoms with E-state index in [-0.39, 0.29) is 18.1 Å². The molecule has 0 fully saturated rings. The van der Waals surface area contributed by atoms with Crippen molar-refractivity contribution in [2.75, 3.05) is 6.54 Å². The molecule has 0 saturated carbocycles. The standard InChI is InChI=1S/C11H12FN3O/c12-9-3-1-8(2-4-9)7-15-11(16)5-10(6-13)14-15/h1-4H,5-7,13H2. The van der Waals surface area contributed by atoms with Crippen LogP contribution in [0.2, 0.25) is 0 Å². The quantitative estimate of drug-likeness (QED) is 0.823. The van der Waals surface area contributed by atoms with Crippen molar-refractivity contribution in [3.63, 3.8) is 0 Å². The summed E-state index contributed by atoms with van der Waals surface area (Å²) >= 11 is 0. The molecule has 0 spiro atoms. The van der Waals surface area contributed by atoms with Crippen molar-refractivity contribution in [1.82, 2.24) is 5.01 Å². The third-order valence-corrected chi connectivity index (χ3v) is 2.39. The molecule has 16 heavy (non-hydrogen) atoms. The molecule has 1 amide bonds. The van der Waals surface area contributed by atoms with Gasteiger partial charge in [-0.2, -0.15) is 5.10 Å². The fourth-order valence-electron chi connectivity index (χ4n) is 1.53. The summed E-state index contributed by atoms with van der Waals surface area (Å²) in [5.74, 6) is -0.354. The fourth-order valence-corrected chi connectivity index (χ4v) is 1.53. The van der Waals surface area contributed by atoms with Crippen LogP contribution in [0.4, 0.5) is 4.39 Å². The van der Waals surface area contributed by atoms with Gasteiger partial charge in [0, 0.05) is 6.54 Å². The maximum absolute atomic E-state index is 12.7. The normalized spacial score (nSPS) is 15.5. The Kier molecular flexibility index (Phi) is 2.96. The molecule has 0 bridgehead atoms. The number of carbonyl (C=O) groups is 1. The zero-order valence-corrected chi connectivity index (χ0v) is 8.69. The van der Waals surface area contributed by atoms with Gasteiger partial charge in [0.2, 0.25) is 5.91 Å². The maximum Gasteiger partial charge on any atom is 0.248 e. The predicted molar refractivity (Wildman–Crippen MR) is 58.1 cm³/mol. The Morgan fingerprint density at radius 1 is 1.38 bits per heavy atom. The first kappa shape index (κ1) is 10.8. The van der Waals surface area contributed by atoms with Crippen LogP contribution in [0.5, 0.6) is 0 Å². The number of hydrogen-bond acceptors (Lipinski definition) is 3. The second kappa shape index (κ2) is 4.40. The van der Waals surface area contributed by atoms with Gasteiger partial charge in [-0.1, -0.05) is 12.1 Å². The van der Waals surface area contributed by atoms with Gasteiger partial charge in [0.25, 0.3) is 0 Å². The first-order valence-electron chi connectivity index (χ1n) is 5.00. The third kappa shape index (κ3) is 2.25. The van der Waals surface area contributed by atoms with E-state index in [0.717, 1.165) is 5.56 Å². The number of rotatable bonds is 3. The lowest BCUT2D eigenvalue weighted by molar-refractivity contribution is -0.129. The second-order valence-electron chi connectivity index (χ2n) is 3.62. The number of nitrogens with zero attached hydrogens (tertiary/aromatic N) is 2.